The Labute approximate surface area is 108 Å². The van der Waals surface area contributed by atoms with E-state index in [-0.39, 0.29) is 5.97 Å². The van der Waals surface area contributed by atoms with Gasteiger partial charge in [0.2, 0.25) is 0 Å². The van der Waals surface area contributed by atoms with Gasteiger partial charge in [0.1, 0.15) is 12.4 Å². The first-order chi connectivity index (χ1) is 8.54. The lowest BCUT2D eigenvalue weighted by atomic mass is 10.2. The van der Waals surface area contributed by atoms with Gasteiger partial charge >= 0.3 is 5.97 Å². The standard InChI is InChI=1S/C14H21NO3/c1-11(2)15(3)9-10-18-14(16)12-5-7-13(17-4)8-6-12/h5-8,11H,9-10H2,1-4H3. The third kappa shape index (κ3) is 4.37. The lowest BCUT2D eigenvalue weighted by Gasteiger charge is -2.20. The molecule has 1 aromatic carbocycles. The first kappa shape index (κ1) is 14.5. The molecule has 0 bridgehead atoms. The highest BCUT2D eigenvalue weighted by molar-refractivity contribution is 5.89. The molecule has 1 rings (SSSR count). The van der Waals surface area contributed by atoms with Gasteiger partial charge in [0.05, 0.1) is 12.7 Å². The minimum absolute atomic E-state index is 0.296. The van der Waals surface area contributed by atoms with Crippen LogP contribution in [0.15, 0.2) is 24.3 Å². The molecule has 0 N–H and O–H groups in total. The molecule has 0 saturated carbocycles. The Morgan fingerprint density at radius 3 is 2.39 bits per heavy atom. The normalized spacial score (nSPS) is 10.8. The first-order valence-electron chi connectivity index (χ1n) is 6.06. The van der Waals surface area contributed by atoms with Crippen molar-refractivity contribution in [2.24, 2.45) is 0 Å². The van der Waals surface area contributed by atoms with Crippen LogP contribution in [-0.2, 0) is 4.74 Å². The molecule has 0 atom stereocenters. The maximum Gasteiger partial charge on any atom is 0.338 e. The summed E-state index contributed by atoms with van der Waals surface area (Å²) < 4.78 is 10.2. The second-order valence-electron chi connectivity index (χ2n) is 4.44. The van der Waals surface area contributed by atoms with Crippen LogP contribution in [0.1, 0.15) is 24.2 Å². The summed E-state index contributed by atoms with van der Waals surface area (Å²) in [5.41, 5.74) is 0.544. The Morgan fingerprint density at radius 1 is 1.28 bits per heavy atom. The lowest BCUT2D eigenvalue weighted by molar-refractivity contribution is 0.0461. The molecule has 0 saturated heterocycles. The molecule has 4 heteroatoms. The van der Waals surface area contributed by atoms with Crippen LogP contribution in [0, 0.1) is 0 Å². The molecule has 0 aliphatic rings. The molecule has 100 valence electrons. The van der Waals surface area contributed by atoms with Gasteiger partial charge in [-0.3, -0.25) is 0 Å². The minimum atomic E-state index is -0.296. The average Bonchev–Trinajstić information content (AvgIpc) is 2.38. The molecule has 0 aromatic heterocycles. The van der Waals surface area contributed by atoms with E-state index >= 15 is 0 Å². The van der Waals surface area contributed by atoms with Gasteiger partial charge in [-0.2, -0.15) is 0 Å². The number of carbonyl (C=O) groups excluding carboxylic acids is 1. The van der Waals surface area contributed by atoms with E-state index < -0.39 is 0 Å². The van der Waals surface area contributed by atoms with Crippen molar-refractivity contribution in [3.05, 3.63) is 29.8 Å². The summed E-state index contributed by atoms with van der Waals surface area (Å²) in [6, 6.07) is 7.35. The second kappa shape index (κ2) is 7.01. The third-order valence-corrected chi connectivity index (χ3v) is 2.88. The molecule has 0 amide bonds. The number of nitrogens with zero attached hydrogens (tertiary/aromatic N) is 1. The number of likely N-dealkylation sites (N-methyl/N-ethyl adjacent to an activating group) is 1. The maximum absolute atomic E-state index is 11.7. The minimum Gasteiger partial charge on any atom is -0.497 e. The van der Waals surface area contributed by atoms with Gasteiger partial charge in [0, 0.05) is 12.6 Å². The summed E-state index contributed by atoms with van der Waals surface area (Å²) in [7, 11) is 3.60. The maximum atomic E-state index is 11.7. The van der Waals surface area contributed by atoms with E-state index in [0.717, 1.165) is 12.3 Å². The number of esters is 1. The van der Waals surface area contributed by atoms with Crippen LogP contribution >= 0.6 is 0 Å². The van der Waals surface area contributed by atoms with Gasteiger partial charge in [0.15, 0.2) is 0 Å². The summed E-state index contributed by atoms with van der Waals surface area (Å²) in [5.74, 6) is 0.431. The smallest absolute Gasteiger partial charge is 0.338 e. The first-order valence-corrected chi connectivity index (χ1v) is 6.06. The third-order valence-electron chi connectivity index (χ3n) is 2.88. The van der Waals surface area contributed by atoms with Crippen LogP contribution in [0.5, 0.6) is 5.75 Å². The Balaban J connectivity index is 2.40. The van der Waals surface area contributed by atoms with Crippen molar-refractivity contribution in [1.82, 2.24) is 4.90 Å². The van der Waals surface area contributed by atoms with Crippen molar-refractivity contribution in [2.45, 2.75) is 19.9 Å². The number of benzene rings is 1. The number of hydrogen-bond acceptors (Lipinski definition) is 4. The van der Waals surface area contributed by atoms with Crippen molar-refractivity contribution in [3.63, 3.8) is 0 Å². The fourth-order valence-electron chi connectivity index (χ4n) is 1.35. The highest BCUT2D eigenvalue weighted by Gasteiger charge is 2.08. The van der Waals surface area contributed by atoms with Gasteiger partial charge in [-0.15, -0.1) is 0 Å². The van der Waals surface area contributed by atoms with E-state index in [1.54, 1.807) is 31.4 Å². The molecule has 18 heavy (non-hydrogen) atoms. The Bertz CT molecular complexity index is 373. The number of methoxy groups -OCH3 is 1. The lowest BCUT2D eigenvalue weighted by Crippen LogP contribution is -2.30. The molecule has 4 nitrogen and oxygen atoms in total. The number of ether oxygens (including phenoxy) is 2. The molecule has 0 spiro atoms. The quantitative estimate of drug-likeness (QED) is 0.726. The van der Waals surface area contributed by atoms with E-state index in [0.29, 0.717) is 18.2 Å². The molecule has 0 radical (unpaired) electrons. The molecule has 0 heterocycles. The van der Waals surface area contributed by atoms with Crippen LogP contribution in [0.4, 0.5) is 0 Å². The Hall–Kier alpha value is -1.55. The zero-order valence-corrected chi connectivity index (χ0v) is 11.5. The number of carbonyl (C=O) groups is 1. The molecule has 0 aliphatic heterocycles. The zero-order valence-electron chi connectivity index (χ0n) is 11.5. The predicted octanol–water partition coefficient (Wildman–Crippen LogP) is 2.19. The van der Waals surface area contributed by atoms with Gasteiger partial charge in [-0.25, -0.2) is 4.79 Å². The highest BCUT2D eigenvalue weighted by Crippen LogP contribution is 2.12. The second-order valence-corrected chi connectivity index (χ2v) is 4.44. The summed E-state index contributed by atoms with van der Waals surface area (Å²) in [4.78, 5) is 13.8. The Morgan fingerprint density at radius 2 is 1.89 bits per heavy atom. The van der Waals surface area contributed by atoms with Crippen LogP contribution < -0.4 is 4.74 Å². The molecule has 0 fully saturated rings. The molecule has 0 unspecified atom stereocenters. The molecular weight excluding hydrogens is 230 g/mol. The van der Waals surface area contributed by atoms with Crippen molar-refractivity contribution in [2.75, 3.05) is 27.3 Å². The van der Waals surface area contributed by atoms with Crippen LogP contribution in [0.3, 0.4) is 0 Å². The van der Waals surface area contributed by atoms with Crippen molar-refractivity contribution in [3.8, 4) is 5.75 Å². The van der Waals surface area contributed by atoms with Crippen molar-refractivity contribution < 1.29 is 14.3 Å². The fraction of sp³-hybridized carbons (Fsp3) is 0.500. The van der Waals surface area contributed by atoms with Gasteiger partial charge in [-0.1, -0.05) is 0 Å². The zero-order chi connectivity index (χ0) is 13.5. The monoisotopic (exact) mass is 251 g/mol. The largest absolute Gasteiger partial charge is 0.497 e. The summed E-state index contributed by atoms with van der Waals surface area (Å²) in [6.45, 7) is 5.34. The van der Waals surface area contributed by atoms with Crippen LogP contribution in [-0.4, -0.2) is 44.2 Å². The summed E-state index contributed by atoms with van der Waals surface area (Å²) in [5, 5.41) is 0. The number of rotatable bonds is 6. The summed E-state index contributed by atoms with van der Waals surface area (Å²) >= 11 is 0. The van der Waals surface area contributed by atoms with Crippen LogP contribution in [0.25, 0.3) is 0 Å². The van der Waals surface area contributed by atoms with Gasteiger partial charge in [-0.05, 0) is 45.2 Å². The van der Waals surface area contributed by atoms with E-state index in [1.165, 1.54) is 0 Å². The predicted molar refractivity (Wildman–Crippen MR) is 71.0 cm³/mol. The molecular formula is C14H21NO3. The fourth-order valence-corrected chi connectivity index (χ4v) is 1.35. The van der Waals surface area contributed by atoms with Gasteiger partial charge < -0.3 is 14.4 Å². The average molecular weight is 251 g/mol. The SMILES string of the molecule is COc1ccc(C(=O)OCCN(C)C(C)C)cc1. The van der Waals surface area contributed by atoms with E-state index in [2.05, 4.69) is 18.7 Å². The molecule has 1 aromatic rings. The summed E-state index contributed by atoms with van der Waals surface area (Å²) in [6.07, 6.45) is 0. The molecule has 0 aliphatic carbocycles. The van der Waals surface area contributed by atoms with Crippen molar-refractivity contribution >= 4 is 5.97 Å². The van der Waals surface area contributed by atoms with Crippen LogP contribution in [0.2, 0.25) is 0 Å². The van der Waals surface area contributed by atoms with E-state index in [9.17, 15) is 4.79 Å². The van der Waals surface area contributed by atoms with E-state index in [4.69, 9.17) is 9.47 Å². The van der Waals surface area contributed by atoms with E-state index in [1.807, 2.05) is 7.05 Å². The van der Waals surface area contributed by atoms with Crippen molar-refractivity contribution in [1.29, 1.82) is 0 Å². The Kier molecular flexibility index (Phi) is 5.65. The highest BCUT2D eigenvalue weighted by atomic mass is 16.5. The number of hydrogen-bond donors (Lipinski definition) is 0. The van der Waals surface area contributed by atoms with Gasteiger partial charge in [0.25, 0.3) is 0 Å². The topological polar surface area (TPSA) is 38.8 Å².